The maximum absolute atomic E-state index is 10.8. The number of nitro groups is 1. The lowest BCUT2D eigenvalue weighted by Crippen LogP contribution is -2.12. The highest BCUT2D eigenvalue weighted by atomic mass is 35.5. The van der Waals surface area contributed by atoms with Crippen LogP contribution in [-0.2, 0) is 4.74 Å². The van der Waals surface area contributed by atoms with E-state index in [0.29, 0.717) is 24.2 Å². The number of benzene rings is 1. The van der Waals surface area contributed by atoms with Crippen LogP contribution in [0.15, 0.2) is 18.2 Å². The van der Waals surface area contributed by atoms with Crippen LogP contribution in [0.3, 0.4) is 0 Å². The molecule has 1 atom stereocenters. The Morgan fingerprint density at radius 1 is 1.59 bits per heavy atom. The number of hydrogen-bond acceptors (Lipinski definition) is 4. The highest BCUT2D eigenvalue weighted by molar-refractivity contribution is 6.30. The summed E-state index contributed by atoms with van der Waals surface area (Å²) in [7, 11) is 0. The van der Waals surface area contributed by atoms with Crippen molar-refractivity contribution in [2.45, 2.75) is 6.42 Å². The summed E-state index contributed by atoms with van der Waals surface area (Å²) in [6.07, 6.45) is 0.925. The van der Waals surface area contributed by atoms with Gasteiger partial charge in [0, 0.05) is 29.7 Å². The van der Waals surface area contributed by atoms with Gasteiger partial charge in [-0.1, -0.05) is 11.6 Å². The zero-order valence-corrected chi connectivity index (χ0v) is 9.85. The van der Waals surface area contributed by atoms with Crippen molar-refractivity contribution < 1.29 is 14.4 Å². The summed E-state index contributed by atoms with van der Waals surface area (Å²) in [4.78, 5) is 10.3. The molecule has 17 heavy (non-hydrogen) atoms. The second-order valence-electron chi connectivity index (χ2n) is 3.91. The minimum atomic E-state index is -0.475. The molecule has 0 saturated carbocycles. The molecular weight excluding hydrogens is 246 g/mol. The van der Waals surface area contributed by atoms with Crippen LogP contribution in [0.2, 0.25) is 5.02 Å². The third-order valence-corrected chi connectivity index (χ3v) is 2.85. The summed E-state index contributed by atoms with van der Waals surface area (Å²) in [5.74, 6) is 0.517. The molecule has 1 heterocycles. The van der Waals surface area contributed by atoms with Gasteiger partial charge >= 0.3 is 5.69 Å². The Morgan fingerprint density at radius 2 is 2.41 bits per heavy atom. The molecule has 92 valence electrons. The highest BCUT2D eigenvalue weighted by Gasteiger charge is 2.20. The second-order valence-corrected chi connectivity index (χ2v) is 4.35. The van der Waals surface area contributed by atoms with Gasteiger partial charge in [-0.3, -0.25) is 10.1 Å². The number of nitrogens with zero attached hydrogens (tertiary/aromatic N) is 1. The number of ether oxygens (including phenoxy) is 2. The number of rotatable bonds is 4. The third kappa shape index (κ3) is 3.08. The molecule has 0 N–H and O–H groups in total. The van der Waals surface area contributed by atoms with Crippen LogP contribution in [-0.4, -0.2) is 24.7 Å². The van der Waals surface area contributed by atoms with Crippen molar-refractivity contribution in [1.29, 1.82) is 0 Å². The van der Waals surface area contributed by atoms with Crippen LogP contribution in [0.25, 0.3) is 0 Å². The number of halogens is 1. The van der Waals surface area contributed by atoms with Gasteiger partial charge in [-0.15, -0.1) is 0 Å². The van der Waals surface area contributed by atoms with E-state index in [0.717, 1.165) is 13.0 Å². The monoisotopic (exact) mass is 257 g/mol. The van der Waals surface area contributed by atoms with Gasteiger partial charge in [-0.2, -0.15) is 0 Å². The molecule has 1 fully saturated rings. The molecule has 0 radical (unpaired) electrons. The Labute approximate surface area is 103 Å². The Kier molecular flexibility index (Phi) is 3.81. The molecular formula is C11H12ClNO4. The van der Waals surface area contributed by atoms with Gasteiger partial charge in [0.05, 0.1) is 18.1 Å². The van der Waals surface area contributed by atoms with Crippen molar-refractivity contribution in [3.8, 4) is 5.75 Å². The lowest BCUT2D eigenvalue weighted by Gasteiger charge is -2.10. The molecule has 5 nitrogen and oxygen atoms in total. The molecule has 0 amide bonds. The van der Waals surface area contributed by atoms with Gasteiger partial charge in [0.1, 0.15) is 0 Å². The number of hydrogen-bond donors (Lipinski definition) is 0. The quantitative estimate of drug-likeness (QED) is 0.615. The smallest absolute Gasteiger partial charge is 0.311 e. The van der Waals surface area contributed by atoms with Gasteiger partial charge < -0.3 is 9.47 Å². The zero-order chi connectivity index (χ0) is 12.3. The van der Waals surface area contributed by atoms with Crippen molar-refractivity contribution in [2.24, 2.45) is 5.92 Å². The van der Waals surface area contributed by atoms with Gasteiger partial charge in [0.2, 0.25) is 0 Å². The lowest BCUT2D eigenvalue weighted by atomic mass is 10.1. The maximum atomic E-state index is 10.8. The first-order chi connectivity index (χ1) is 8.16. The van der Waals surface area contributed by atoms with Gasteiger partial charge in [0.15, 0.2) is 5.75 Å². The van der Waals surface area contributed by atoms with E-state index in [4.69, 9.17) is 21.1 Å². The molecule has 6 heteroatoms. The van der Waals surface area contributed by atoms with E-state index in [2.05, 4.69) is 0 Å². The fourth-order valence-corrected chi connectivity index (χ4v) is 1.84. The SMILES string of the molecule is O=[N+]([O-])c1ccc(Cl)cc1OCC1CCOC1. The van der Waals surface area contributed by atoms with Gasteiger partial charge in [0.25, 0.3) is 0 Å². The largest absolute Gasteiger partial charge is 0.486 e. The van der Waals surface area contributed by atoms with Crippen LogP contribution in [0, 0.1) is 16.0 Å². The van der Waals surface area contributed by atoms with Crippen LogP contribution in [0.5, 0.6) is 5.75 Å². The second kappa shape index (κ2) is 5.33. The van der Waals surface area contributed by atoms with Crippen molar-refractivity contribution in [3.63, 3.8) is 0 Å². The summed E-state index contributed by atoms with van der Waals surface area (Å²) in [5, 5.41) is 11.2. The zero-order valence-electron chi connectivity index (χ0n) is 9.10. The molecule has 1 aliphatic rings. The Hall–Kier alpha value is -1.33. The van der Waals surface area contributed by atoms with E-state index in [-0.39, 0.29) is 11.4 Å². The molecule has 0 bridgehead atoms. The third-order valence-electron chi connectivity index (χ3n) is 2.62. The van der Waals surface area contributed by atoms with E-state index in [1.165, 1.54) is 18.2 Å². The average Bonchev–Trinajstić information content (AvgIpc) is 2.78. The summed E-state index contributed by atoms with van der Waals surface area (Å²) >= 11 is 5.79. The Balaban J connectivity index is 2.07. The molecule has 1 unspecified atom stereocenters. The summed E-state index contributed by atoms with van der Waals surface area (Å²) in [6, 6.07) is 4.30. The summed E-state index contributed by atoms with van der Waals surface area (Å²) in [6.45, 7) is 1.79. The van der Waals surface area contributed by atoms with E-state index in [9.17, 15) is 10.1 Å². The number of nitro benzene ring substituents is 1. The fraction of sp³-hybridized carbons (Fsp3) is 0.455. The first-order valence-electron chi connectivity index (χ1n) is 5.31. The predicted molar refractivity (Wildman–Crippen MR) is 62.5 cm³/mol. The molecule has 0 aromatic heterocycles. The van der Waals surface area contributed by atoms with E-state index in [1.807, 2.05) is 0 Å². The van der Waals surface area contributed by atoms with Crippen molar-refractivity contribution in [2.75, 3.05) is 19.8 Å². The van der Waals surface area contributed by atoms with E-state index < -0.39 is 4.92 Å². The Bertz CT molecular complexity index is 418. The van der Waals surface area contributed by atoms with Crippen LogP contribution >= 0.6 is 11.6 Å². The molecule has 1 aliphatic heterocycles. The Morgan fingerprint density at radius 3 is 3.06 bits per heavy atom. The summed E-state index contributed by atoms with van der Waals surface area (Å²) in [5.41, 5.74) is -0.0617. The fourth-order valence-electron chi connectivity index (χ4n) is 1.68. The maximum Gasteiger partial charge on any atom is 0.311 e. The first kappa shape index (κ1) is 12.1. The average molecular weight is 258 g/mol. The van der Waals surface area contributed by atoms with Crippen molar-refractivity contribution in [1.82, 2.24) is 0 Å². The molecule has 1 saturated heterocycles. The van der Waals surface area contributed by atoms with Crippen LogP contribution < -0.4 is 4.74 Å². The van der Waals surface area contributed by atoms with E-state index >= 15 is 0 Å². The first-order valence-corrected chi connectivity index (χ1v) is 5.69. The van der Waals surface area contributed by atoms with Crippen molar-refractivity contribution in [3.05, 3.63) is 33.3 Å². The molecule has 0 spiro atoms. The minimum absolute atomic E-state index is 0.0617. The summed E-state index contributed by atoms with van der Waals surface area (Å²) < 4.78 is 10.7. The lowest BCUT2D eigenvalue weighted by molar-refractivity contribution is -0.385. The molecule has 2 rings (SSSR count). The normalized spacial score (nSPS) is 19.2. The minimum Gasteiger partial charge on any atom is -0.486 e. The van der Waals surface area contributed by atoms with E-state index in [1.54, 1.807) is 0 Å². The standard InChI is InChI=1S/C11H12ClNO4/c12-9-1-2-10(13(14)15)11(5-9)17-7-8-3-4-16-6-8/h1-2,5,8H,3-4,6-7H2. The predicted octanol–water partition coefficient (Wildman–Crippen LogP) is 2.66. The van der Waals surface area contributed by atoms with Crippen LogP contribution in [0.1, 0.15) is 6.42 Å². The van der Waals surface area contributed by atoms with Gasteiger partial charge in [-0.05, 0) is 12.5 Å². The molecule has 1 aromatic carbocycles. The topological polar surface area (TPSA) is 61.6 Å². The van der Waals surface area contributed by atoms with Gasteiger partial charge in [-0.25, -0.2) is 0 Å². The molecule has 0 aliphatic carbocycles. The van der Waals surface area contributed by atoms with Crippen LogP contribution in [0.4, 0.5) is 5.69 Å². The highest BCUT2D eigenvalue weighted by Crippen LogP contribution is 2.30. The van der Waals surface area contributed by atoms with Crippen molar-refractivity contribution >= 4 is 17.3 Å². The molecule has 1 aromatic rings.